The first-order valence-corrected chi connectivity index (χ1v) is 5.61. The molecule has 0 aliphatic heterocycles. The SMILES string of the molecule is CNC(=O)c1cncc(C#Cc2cnn(C(F)F)c2)c1. The van der Waals surface area contributed by atoms with Gasteiger partial charge in [-0.3, -0.25) is 9.78 Å². The minimum Gasteiger partial charge on any atom is -0.355 e. The Bertz CT molecular complexity index is 685. The molecule has 2 heterocycles. The highest BCUT2D eigenvalue weighted by Gasteiger charge is 2.06. The summed E-state index contributed by atoms with van der Waals surface area (Å²) in [5.74, 6) is 5.15. The van der Waals surface area contributed by atoms with Crippen LogP contribution in [0.1, 0.15) is 28.0 Å². The van der Waals surface area contributed by atoms with E-state index in [0.29, 0.717) is 21.4 Å². The normalized spacial score (nSPS) is 10.0. The highest BCUT2D eigenvalue weighted by molar-refractivity contribution is 5.93. The van der Waals surface area contributed by atoms with Crippen LogP contribution in [0.3, 0.4) is 0 Å². The van der Waals surface area contributed by atoms with Gasteiger partial charge in [0.2, 0.25) is 0 Å². The van der Waals surface area contributed by atoms with E-state index >= 15 is 0 Å². The molecule has 0 fully saturated rings. The number of hydrogen-bond acceptors (Lipinski definition) is 3. The second kappa shape index (κ2) is 5.93. The van der Waals surface area contributed by atoms with Crippen molar-refractivity contribution >= 4 is 5.91 Å². The van der Waals surface area contributed by atoms with Gasteiger partial charge in [-0.25, -0.2) is 4.68 Å². The molecule has 20 heavy (non-hydrogen) atoms. The molecular formula is C13H10F2N4O. The van der Waals surface area contributed by atoms with Gasteiger partial charge in [-0.2, -0.15) is 13.9 Å². The van der Waals surface area contributed by atoms with Crippen LogP contribution in [-0.4, -0.2) is 27.7 Å². The van der Waals surface area contributed by atoms with Gasteiger partial charge < -0.3 is 5.32 Å². The third-order valence-corrected chi connectivity index (χ3v) is 2.38. The van der Waals surface area contributed by atoms with E-state index in [4.69, 9.17) is 0 Å². The highest BCUT2D eigenvalue weighted by Crippen LogP contribution is 2.09. The number of hydrogen-bond donors (Lipinski definition) is 1. The molecule has 0 unspecified atom stereocenters. The van der Waals surface area contributed by atoms with Gasteiger partial charge >= 0.3 is 6.55 Å². The number of pyridine rings is 1. The molecule has 0 atom stereocenters. The lowest BCUT2D eigenvalue weighted by molar-refractivity contribution is 0.0566. The van der Waals surface area contributed by atoms with Gasteiger partial charge in [-0.15, -0.1) is 0 Å². The molecule has 2 aromatic rings. The molecule has 5 nitrogen and oxygen atoms in total. The van der Waals surface area contributed by atoms with E-state index in [2.05, 4.69) is 27.2 Å². The zero-order valence-corrected chi connectivity index (χ0v) is 10.5. The lowest BCUT2D eigenvalue weighted by Gasteiger charge is -1.98. The van der Waals surface area contributed by atoms with E-state index in [1.807, 2.05) is 0 Å². The maximum Gasteiger partial charge on any atom is 0.333 e. The standard InChI is InChI=1S/C13H10F2N4O/c1-16-12(20)11-4-9(5-17-7-11)2-3-10-6-18-19(8-10)13(14)15/h4-8,13H,1H3,(H,16,20). The third kappa shape index (κ3) is 3.17. The fraction of sp³-hybridized carbons (Fsp3) is 0.154. The summed E-state index contributed by atoms with van der Waals surface area (Å²) in [6.07, 6.45) is 5.29. The molecule has 0 aromatic carbocycles. The topological polar surface area (TPSA) is 59.8 Å². The predicted octanol–water partition coefficient (Wildman–Crippen LogP) is 1.43. The van der Waals surface area contributed by atoms with Crippen molar-refractivity contribution in [1.29, 1.82) is 0 Å². The van der Waals surface area contributed by atoms with Crippen LogP contribution in [0.15, 0.2) is 30.9 Å². The predicted molar refractivity (Wildman–Crippen MR) is 67.1 cm³/mol. The monoisotopic (exact) mass is 276 g/mol. The first-order chi connectivity index (χ1) is 9.60. The average molecular weight is 276 g/mol. The molecule has 0 saturated carbocycles. The van der Waals surface area contributed by atoms with Crippen molar-refractivity contribution in [2.75, 3.05) is 7.05 Å². The fourth-order valence-electron chi connectivity index (χ4n) is 1.43. The van der Waals surface area contributed by atoms with Crippen molar-refractivity contribution in [2.45, 2.75) is 6.55 Å². The Balaban J connectivity index is 2.21. The molecular weight excluding hydrogens is 266 g/mol. The number of nitrogens with zero attached hydrogens (tertiary/aromatic N) is 3. The van der Waals surface area contributed by atoms with Crippen molar-refractivity contribution < 1.29 is 13.6 Å². The van der Waals surface area contributed by atoms with Crippen molar-refractivity contribution in [3.63, 3.8) is 0 Å². The van der Waals surface area contributed by atoms with Crippen LogP contribution in [0.4, 0.5) is 8.78 Å². The quantitative estimate of drug-likeness (QED) is 0.844. The maximum atomic E-state index is 12.3. The van der Waals surface area contributed by atoms with E-state index in [1.54, 1.807) is 6.07 Å². The van der Waals surface area contributed by atoms with Gasteiger partial charge in [0.15, 0.2) is 0 Å². The van der Waals surface area contributed by atoms with Crippen molar-refractivity contribution in [1.82, 2.24) is 20.1 Å². The van der Waals surface area contributed by atoms with Gasteiger partial charge in [0.1, 0.15) is 0 Å². The summed E-state index contributed by atoms with van der Waals surface area (Å²) < 4.78 is 25.2. The van der Waals surface area contributed by atoms with Crippen LogP contribution < -0.4 is 5.32 Å². The van der Waals surface area contributed by atoms with E-state index < -0.39 is 6.55 Å². The molecule has 1 amide bonds. The minimum absolute atomic E-state index is 0.272. The Morgan fingerprint density at radius 1 is 1.30 bits per heavy atom. The number of amides is 1. The molecule has 1 N–H and O–H groups in total. The maximum absolute atomic E-state index is 12.3. The smallest absolute Gasteiger partial charge is 0.333 e. The van der Waals surface area contributed by atoms with Crippen molar-refractivity contribution in [3.8, 4) is 11.8 Å². The van der Waals surface area contributed by atoms with Crippen LogP contribution in [0.5, 0.6) is 0 Å². The van der Waals surface area contributed by atoms with Crippen molar-refractivity contribution in [2.24, 2.45) is 0 Å². The molecule has 2 aromatic heterocycles. The van der Waals surface area contributed by atoms with Crippen LogP contribution in [0, 0.1) is 11.8 Å². The number of alkyl halides is 2. The fourth-order valence-corrected chi connectivity index (χ4v) is 1.43. The summed E-state index contributed by atoms with van der Waals surface area (Å²) in [5.41, 5.74) is 1.24. The van der Waals surface area contributed by atoms with Gasteiger partial charge in [0.05, 0.1) is 17.3 Å². The zero-order valence-electron chi connectivity index (χ0n) is 10.5. The number of nitrogens with one attached hydrogen (secondary N) is 1. The Morgan fingerprint density at radius 2 is 2.05 bits per heavy atom. The van der Waals surface area contributed by atoms with E-state index in [0.717, 1.165) is 6.20 Å². The third-order valence-electron chi connectivity index (χ3n) is 2.38. The Hall–Kier alpha value is -2.75. The van der Waals surface area contributed by atoms with Crippen LogP contribution >= 0.6 is 0 Å². The van der Waals surface area contributed by atoms with Gasteiger partial charge in [0.25, 0.3) is 5.91 Å². The number of aromatic nitrogens is 3. The van der Waals surface area contributed by atoms with E-state index in [1.165, 1.54) is 25.6 Å². The molecule has 0 spiro atoms. The van der Waals surface area contributed by atoms with Crippen LogP contribution in [0.2, 0.25) is 0 Å². The Labute approximate surface area is 113 Å². The van der Waals surface area contributed by atoms with Gasteiger partial charge in [-0.05, 0) is 6.07 Å². The molecule has 2 rings (SSSR count). The largest absolute Gasteiger partial charge is 0.355 e. The Morgan fingerprint density at radius 3 is 2.70 bits per heavy atom. The lowest BCUT2D eigenvalue weighted by Crippen LogP contribution is -2.17. The number of rotatable bonds is 2. The van der Waals surface area contributed by atoms with Crippen LogP contribution in [0.25, 0.3) is 0 Å². The van der Waals surface area contributed by atoms with Crippen LogP contribution in [-0.2, 0) is 0 Å². The first kappa shape index (κ1) is 13.7. The van der Waals surface area contributed by atoms with Crippen molar-refractivity contribution in [3.05, 3.63) is 47.5 Å². The Kier molecular flexibility index (Phi) is 4.05. The zero-order chi connectivity index (χ0) is 14.5. The summed E-state index contributed by atoms with van der Waals surface area (Å²) in [6, 6.07) is 1.57. The highest BCUT2D eigenvalue weighted by atomic mass is 19.3. The molecule has 0 saturated heterocycles. The second-order valence-corrected chi connectivity index (χ2v) is 3.78. The number of carbonyl (C=O) groups is 1. The molecule has 102 valence electrons. The first-order valence-electron chi connectivity index (χ1n) is 5.61. The molecule has 7 heteroatoms. The van der Waals surface area contributed by atoms with E-state index in [-0.39, 0.29) is 5.91 Å². The average Bonchev–Trinajstić information content (AvgIpc) is 2.93. The number of carbonyl (C=O) groups excluding carboxylic acids is 1. The molecule has 0 aliphatic rings. The van der Waals surface area contributed by atoms with Gasteiger partial charge in [0, 0.05) is 31.2 Å². The lowest BCUT2D eigenvalue weighted by atomic mass is 10.2. The second-order valence-electron chi connectivity index (χ2n) is 3.78. The van der Waals surface area contributed by atoms with Gasteiger partial charge in [-0.1, -0.05) is 11.8 Å². The summed E-state index contributed by atoms with van der Waals surface area (Å²) in [5, 5.41) is 5.95. The summed E-state index contributed by atoms with van der Waals surface area (Å²) in [7, 11) is 1.51. The summed E-state index contributed by atoms with van der Waals surface area (Å²) >= 11 is 0. The molecule has 0 aliphatic carbocycles. The summed E-state index contributed by atoms with van der Waals surface area (Å²) in [6.45, 7) is -2.69. The summed E-state index contributed by atoms with van der Waals surface area (Å²) in [4.78, 5) is 15.3. The minimum atomic E-state index is -2.69. The number of halogens is 2. The molecule has 0 radical (unpaired) electrons. The molecule has 0 bridgehead atoms. The van der Waals surface area contributed by atoms with E-state index in [9.17, 15) is 13.6 Å².